The van der Waals surface area contributed by atoms with Gasteiger partial charge in [-0.1, -0.05) is 31.9 Å². The Bertz CT molecular complexity index is 411. The Balaban J connectivity index is 1.69. The third kappa shape index (κ3) is 4.82. The maximum absolute atomic E-state index is 9.09. The highest BCUT2D eigenvalue weighted by Gasteiger charge is 2.19. The summed E-state index contributed by atoms with van der Waals surface area (Å²) in [6, 6.07) is 6.83. The molecule has 2 N–H and O–H groups in total. The molecule has 2 rings (SSSR count). The van der Waals surface area contributed by atoms with Crippen LogP contribution in [0, 0.1) is 5.92 Å². The molecule has 1 saturated carbocycles. The van der Waals surface area contributed by atoms with Crippen LogP contribution >= 0.6 is 0 Å². The van der Waals surface area contributed by atoms with Crippen molar-refractivity contribution < 1.29 is 19.5 Å². The van der Waals surface area contributed by atoms with Crippen LogP contribution in [0.25, 0.3) is 0 Å². The quantitative estimate of drug-likeness (QED) is 0.609. The minimum Gasteiger partial charge on any atom is -0.491 e. The maximum Gasteiger partial charge on any atom is 0.488 e. The van der Waals surface area contributed by atoms with Crippen molar-refractivity contribution in [3.05, 3.63) is 24.3 Å². The fraction of sp³-hybridized carbons (Fsp3) is 0.600. The van der Waals surface area contributed by atoms with Crippen LogP contribution in [0.2, 0.25) is 0 Å². The summed E-state index contributed by atoms with van der Waals surface area (Å²) >= 11 is 0. The zero-order chi connectivity index (χ0) is 14.4. The molecular weight excluding hydrogens is 255 g/mol. The minimum absolute atomic E-state index is 0.368. The lowest BCUT2D eigenvalue weighted by Gasteiger charge is -2.26. The highest BCUT2D eigenvalue weighted by Crippen LogP contribution is 2.25. The van der Waals surface area contributed by atoms with E-state index >= 15 is 0 Å². The Kier molecular flexibility index (Phi) is 5.89. The Hall–Kier alpha value is -1.04. The molecule has 0 radical (unpaired) electrons. The van der Waals surface area contributed by atoms with E-state index in [0.717, 1.165) is 18.8 Å². The molecule has 1 aliphatic carbocycles. The molecule has 5 heteroatoms. The highest BCUT2D eigenvalue weighted by atomic mass is 16.5. The van der Waals surface area contributed by atoms with Crippen molar-refractivity contribution in [3.63, 3.8) is 0 Å². The first-order valence-corrected chi connectivity index (χ1v) is 7.35. The highest BCUT2D eigenvalue weighted by molar-refractivity contribution is 6.58. The molecule has 1 aromatic rings. The van der Waals surface area contributed by atoms with Crippen molar-refractivity contribution >= 4 is 12.6 Å². The van der Waals surface area contributed by atoms with Crippen molar-refractivity contribution in [2.45, 2.75) is 38.7 Å². The molecule has 4 nitrogen and oxygen atoms in total. The second-order valence-corrected chi connectivity index (χ2v) is 5.56. The summed E-state index contributed by atoms with van der Waals surface area (Å²) in [7, 11) is -1.46. The van der Waals surface area contributed by atoms with Gasteiger partial charge in [-0.2, -0.15) is 0 Å². The van der Waals surface area contributed by atoms with Crippen molar-refractivity contribution in [1.82, 2.24) is 0 Å². The molecule has 0 aromatic heterocycles. The van der Waals surface area contributed by atoms with E-state index in [1.165, 1.54) is 12.8 Å². The summed E-state index contributed by atoms with van der Waals surface area (Å²) in [5, 5.41) is 18.2. The van der Waals surface area contributed by atoms with Gasteiger partial charge in [0.1, 0.15) is 12.4 Å². The van der Waals surface area contributed by atoms with Crippen LogP contribution in [0.5, 0.6) is 5.75 Å². The van der Waals surface area contributed by atoms with E-state index in [1.54, 1.807) is 24.3 Å². The molecule has 0 aliphatic heterocycles. The summed E-state index contributed by atoms with van der Waals surface area (Å²) in [6.45, 7) is 3.33. The van der Waals surface area contributed by atoms with Gasteiger partial charge in [-0.05, 0) is 36.4 Å². The normalized spacial score (nSPS) is 22.6. The van der Waals surface area contributed by atoms with Gasteiger partial charge in [-0.3, -0.25) is 0 Å². The standard InChI is InChI=1S/C15H23BO4/c1-12-4-2-6-14(10-12)19-8-9-20-15-7-3-5-13(11-15)16(17)18/h3,5,7,11-12,14,17-18H,2,4,6,8-10H2,1H3. The van der Waals surface area contributed by atoms with Crippen LogP contribution in [0.4, 0.5) is 0 Å². The predicted molar refractivity (Wildman–Crippen MR) is 79.1 cm³/mol. The van der Waals surface area contributed by atoms with Crippen LogP contribution in [0.1, 0.15) is 32.6 Å². The monoisotopic (exact) mass is 278 g/mol. The average molecular weight is 278 g/mol. The lowest BCUT2D eigenvalue weighted by atomic mass is 9.80. The zero-order valence-electron chi connectivity index (χ0n) is 12.0. The molecule has 20 heavy (non-hydrogen) atoms. The van der Waals surface area contributed by atoms with Crippen molar-refractivity contribution in [1.29, 1.82) is 0 Å². The summed E-state index contributed by atoms with van der Waals surface area (Å²) in [5.41, 5.74) is 0.435. The lowest BCUT2D eigenvalue weighted by molar-refractivity contribution is 0.00197. The van der Waals surface area contributed by atoms with Gasteiger partial charge in [0, 0.05) is 0 Å². The zero-order valence-corrected chi connectivity index (χ0v) is 12.0. The molecule has 0 saturated heterocycles. The first-order chi connectivity index (χ1) is 9.65. The second kappa shape index (κ2) is 7.67. The van der Waals surface area contributed by atoms with Gasteiger partial charge < -0.3 is 19.5 Å². The average Bonchev–Trinajstić information content (AvgIpc) is 2.44. The molecule has 0 spiro atoms. The molecular formula is C15H23BO4. The molecule has 2 atom stereocenters. The van der Waals surface area contributed by atoms with Gasteiger partial charge in [0.25, 0.3) is 0 Å². The molecule has 0 heterocycles. The van der Waals surface area contributed by atoms with Gasteiger partial charge in [0.05, 0.1) is 12.7 Å². The molecule has 2 unspecified atom stereocenters. The van der Waals surface area contributed by atoms with E-state index in [9.17, 15) is 0 Å². The number of benzene rings is 1. The second-order valence-electron chi connectivity index (χ2n) is 5.56. The SMILES string of the molecule is CC1CCCC(OCCOc2cccc(B(O)O)c2)C1. The molecule has 1 aromatic carbocycles. The summed E-state index contributed by atoms with van der Waals surface area (Å²) in [6.07, 6.45) is 5.23. The lowest BCUT2D eigenvalue weighted by Crippen LogP contribution is -2.29. The summed E-state index contributed by atoms with van der Waals surface area (Å²) in [5.74, 6) is 1.40. The maximum atomic E-state index is 9.09. The third-order valence-electron chi connectivity index (χ3n) is 3.75. The summed E-state index contributed by atoms with van der Waals surface area (Å²) < 4.78 is 11.4. The Labute approximate surface area is 120 Å². The van der Waals surface area contributed by atoms with Gasteiger partial charge in [0.15, 0.2) is 0 Å². The number of hydrogen-bond donors (Lipinski definition) is 2. The molecule has 0 amide bonds. The number of rotatable bonds is 6. The van der Waals surface area contributed by atoms with Gasteiger partial charge in [0.2, 0.25) is 0 Å². The topological polar surface area (TPSA) is 58.9 Å². The van der Waals surface area contributed by atoms with E-state index in [1.807, 2.05) is 0 Å². The van der Waals surface area contributed by atoms with E-state index in [0.29, 0.717) is 30.5 Å². The van der Waals surface area contributed by atoms with Gasteiger partial charge in [-0.25, -0.2) is 0 Å². The summed E-state index contributed by atoms with van der Waals surface area (Å²) in [4.78, 5) is 0. The molecule has 1 aliphatic rings. The van der Waals surface area contributed by atoms with Crippen LogP contribution in [0.15, 0.2) is 24.3 Å². The van der Waals surface area contributed by atoms with Crippen LogP contribution in [0.3, 0.4) is 0 Å². The minimum atomic E-state index is -1.46. The third-order valence-corrected chi connectivity index (χ3v) is 3.75. The van der Waals surface area contributed by atoms with E-state index < -0.39 is 7.12 Å². The van der Waals surface area contributed by atoms with Crippen molar-refractivity contribution in [3.8, 4) is 5.75 Å². The van der Waals surface area contributed by atoms with Crippen LogP contribution < -0.4 is 10.2 Å². The molecule has 1 fully saturated rings. The smallest absolute Gasteiger partial charge is 0.488 e. The molecule has 110 valence electrons. The number of hydrogen-bond acceptors (Lipinski definition) is 4. The van der Waals surface area contributed by atoms with Gasteiger partial charge >= 0.3 is 7.12 Å². The van der Waals surface area contributed by atoms with Gasteiger partial charge in [-0.15, -0.1) is 0 Å². The largest absolute Gasteiger partial charge is 0.491 e. The fourth-order valence-electron chi connectivity index (χ4n) is 2.67. The van der Waals surface area contributed by atoms with Crippen molar-refractivity contribution in [2.75, 3.05) is 13.2 Å². The van der Waals surface area contributed by atoms with E-state index in [4.69, 9.17) is 19.5 Å². The van der Waals surface area contributed by atoms with Crippen LogP contribution in [-0.4, -0.2) is 36.5 Å². The Morgan fingerprint density at radius 2 is 2.10 bits per heavy atom. The predicted octanol–water partition coefficient (Wildman–Crippen LogP) is 1.34. The van der Waals surface area contributed by atoms with Crippen molar-refractivity contribution in [2.24, 2.45) is 5.92 Å². The first kappa shape index (κ1) is 15.4. The Morgan fingerprint density at radius 3 is 2.85 bits per heavy atom. The molecule has 0 bridgehead atoms. The first-order valence-electron chi connectivity index (χ1n) is 7.35. The Morgan fingerprint density at radius 1 is 1.25 bits per heavy atom. The number of ether oxygens (including phenoxy) is 2. The fourth-order valence-corrected chi connectivity index (χ4v) is 2.67. The van der Waals surface area contributed by atoms with E-state index in [2.05, 4.69) is 6.92 Å². The van der Waals surface area contributed by atoms with E-state index in [-0.39, 0.29) is 0 Å². The van der Waals surface area contributed by atoms with Crippen LogP contribution in [-0.2, 0) is 4.74 Å².